The zero-order valence-corrected chi connectivity index (χ0v) is 11.1. The topological polar surface area (TPSA) is 79.3 Å². The van der Waals surface area contributed by atoms with Gasteiger partial charge in [0, 0.05) is 33.3 Å². The number of carbonyl (C=O) groups excluding carboxylic acids is 1. The monoisotopic (exact) mass is 272 g/mol. The quantitative estimate of drug-likeness (QED) is 0.782. The van der Waals surface area contributed by atoms with Crippen LogP contribution in [0.25, 0.3) is 0 Å². The van der Waals surface area contributed by atoms with E-state index in [9.17, 15) is 9.59 Å². The van der Waals surface area contributed by atoms with Crippen LogP contribution in [0.1, 0.15) is 12.8 Å². The molecule has 0 aromatic rings. The molecule has 1 N–H and O–H groups in total. The minimum atomic E-state index is -0.903. The van der Waals surface area contributed by atoms with E-state index in [4.69, 9.17) is 14.6 Å². The van der Waals surface area contributed by atoms with E-state index in [0.29, 0.717) is 32.8 Å². The third-order valence-electron chi connectivity index (χ3n) is 3.56. The number of carboxylic acids is 1. The molecule has 2 amide bonds. The molecule has 2 aliphatic rings. The maximum absolute atomic E-state index is 12.3. The van der Waals surface area contributed by atoms with Gasteiger partial charge in [-0.15, -0.1) is 0 Å². The predicted octanol–water partition coefficient (Wildman–Crippen LogP) is 0.00260. The fraction of sp³-hybridized carbons (Fsp3) is 0.833. The lowest BCUT2D eigenvalue weighted by molar-refractivity contribution is -0.141. The number of nitrogens with zero attached hydrogens (tertiary/aromatic N) is 2. The van der Waals surface area contributed by atoms with Crippen LogP contribution in [-0.4, -0.2) is 79.0 Å². The maximum atomic E-state index is 12.3. The summed E-state index contributed by atoms with van der Waals surface area (Å²) >= 11 is 0. The average molecular weight is 272 g/mol. The summed E-state index contributed by atoms with van der Waals surface area (Å²) in [5.74, 6) is -0.903. The van der Waals surface area contributed by atoms with Crippen LogP contribution < -0.4 is 0 Å². The van der Waals surface area contributed by atoms with Crippen LogP contribution in [0.5, 0.6) is 0 Å². The van der Waals surface area contributed by atoms with Crippen molar-refractivity contribution in [2.24, 2.45) is 0 Å². The van der Waals surface area contributed by atoms with Gasteiger partial charge in [0.15, 0.2) is 0 Å². The largest absolute Gasteiger partial charge is 0.481 e. The van der Waals surface area contributed by atoms with Gasteiger partial charge in [0.05, 0.1) is 25.2 Å². The fourth-order valence-corrected chi connectivity index (χ4v) is 2.51. The van der Waals surface area contributed by atoms with Crippen LogP contribution in [0, 0.1) is 0 Å². The van der Waals surface area contributed by atoms with Crippen LogP contribution >= 0.6 is 0 Å². The lowest BCUT2D eigenvalue weighted by Gasteiger charge is -2.34. The van der Waals surface area contributed by atoms with Gasteiger partial charge in [-0.1, -0.05) is 0 Å². The SMILES string of the molecule is COC1CCN(C(=O)N2CCOC(CC(=O)O)C2)C1. The molecule has 2 atom stereocenters. The molecule has 0 aliphatic carbocycles. The van der Waals surface area contributed by atoms with E-state index in [2.05, 4.69) is 0 Å². The number of likely N-dealkylation sites (tertiary alicyclic amines) is 1. The van der Waals surface area contributed by atoms with Crippen molar-refractivity contribution < 1.29 is 24.2 Å². The molecular weight excluding hydrogens is 252 g/mol. The Morgan fingerprint density at radius 1 is 1.32 bits per heavy atom. The van der Waals surface area contributed by atoms with Gasteiger partial charge < -0.3 is 24.4 Å². The van der Waals surface area contributed by atoms with E-state index in [1.165, 1.54) is 0 Å². The Morgan fingerprint density at radius 2 is 2.05 bits per heavy atom. The normalized spacial score (nSPS) is 27.6. The number of morpholine rings is 1. The van der Waals surface area contributed by atoms with Gasteiger partial charge >= 0.3 is 12.0 Å². The van der Waals surface area contributed by atoms with Crippen molar-refractivity contribution in [2.45, 2.75) is 25.0 Å². The van der Waals surface area contributed by atoms with Crippen molar-refractivity contribution in [3.8, 4) is 0 Å². The predicted molar refractivity (Wildman–Crippen MR) is 65.9 cm³/mol. The first-order valence-corrected chi connectivity index (χ1v) is 6.50. The Bertz CT molecular complexity index is 349. The van der Waals surface area contributed by atoms with Gasteiger partial charge in [0.1, 0.15) is 0 Å². The summed E-state index contributed by atoms with van der Waals surface area (Å²) in [5.41, 5.74) is 0. The molecular formula is C12H20N2O5. The minimum absolute atomic E-state index is 0.0433. The number of hydrogen-bond acceptors (Lipinski definition) is 4. The summed E-state index contributed by atoms with van der Waals surface area (Å²) in [4.78, 5) is 26.4. The first-order valence-electron chi connectivity index (χ1n) is 6.50. The molecule has 0 aromatic heterocycles. The smallest absolute Gasteiger partial charge is 0.320 e. The number of amides is 2. The Hall–Kier alpha value is -1.34. The molecule has 0 radical (unpaired) electrons. The van der Waals surface area contributed by atoms with Crippen molar-refractivity contribution in [3.05, 3.63) is 0 Å². The van der Waals surface area contributed by atoms with E-state index >= 15 is 0 Å². The molecule has 2 aliphatic heterocycles. The standard InChI is InChI=1S/C12H20N2O5/c1-18-9-2-3-13(7-9)12(17)14-4-5-19-10(8-14)6-11(15)16/h9-10H,2-8H2,1H3,(H,15,16). The summed E-state index contributed by atoms with van der Waals surface area (Å²) in [6.07, 6.45) is 0.492. The lowest BCUT2D eigenvalue weighted by Crippen LogP contribution is -2.51. The second-order valence-corrected chi connectivity index (χ2v) is 4.91. The molecule has 0 bridgehead atoms. The average Bonchev–Trinajstić information content (AvgIpc) is 2.86. The van der Waals surface area contributed by atoms with Crippen LogP contribution in [-0.2, 0) is 14.3 Å². The van der Waals surface area contributed by atoms with Crippen molar-refractivity contribution >= 4 is 12.0 Å². The third-order valence-corrected chi connectivity index (χ3v) is 3.56. The first kappa shape index (κ1) is 14.1. The van der Waals surface area contributed by atoms with Crippen LogP contribution in [0.3, 0.4) is 0 Å². The van der Waals surface area contributed by atoms with Gasteiger partial charge in [-0.3, -0.25) is 4.79 Å². The van der Waals surface area contributed by atoms with Gasteiger partial charge in [-0.2, -0.15) is 0 Å². The van der Waals surface area contributed by atoms with E-state index in [1.807, 2.05) is 0 Å². The number of hydrogen-bond donors (Lipinski definition) is 1. The second kappa shape index (κ2) is 6.21. The van der Waals surface area contributed by atoms with Gasteiger partial charge in [-0.25, -0.2) is 4.79 Å². The number of carbonyl (C=O) groups is 2. The molecule has 2 saturated heterocycles. The number of methoxy groups -OCH3 is 1. The zero-order chi connectivity index (χ0) is 13.8. The third kappa shape index (κ3) is 3.57. The fourth-order valence-electron chi connectivity index (χ4n) is 2.51. The van der Waals surface area contributed by atoms with Crippen molar-refractivity contribution in [1.29, 1.82) is 0 Å². The number of urea groups is 1. The Balaban J connectivity index is 1.87. The van der Waals surface area contributed by atoms with E-state index in [1.54, 1.807) is 16.9 Å². The summed E-state index contributed by atoms with van der Waals surface area (Å²) in [5, 5.41) is 8.76. The Morgan fingerprint density at radius 3 is 2.68 bits per heavy atom. The summed E-state index contributed by atoms with van der Waals surface area (Å²) < 4.78 is 10.6. The first-order chi connectivity index (χ1) is 9.10. The molecule has 0 spiro atoms. The summed E-state index contributed by atoms with van der Waals surface area (Å²) in [6, 6.07) is -0.0433. The van der Waals surface area contributed by atoms with Crippen molar-refractivity contribution in [3.63, 3.8) is 0 Å². The number of aliphatic carboxylic acids is 1. The zero-order valence-electron chi connectivity index (χ0n) is 11.1. The molecule has 7 heteroatoms. The number of rotatable bonds is 3. The molecule has 2 unspecified atom stereocenters. The van der Waals surface area contributed by atoms with Crippen LogP contribution in [0.15, 0.2) is 0 Å². The number of carboxylic acid groups (broad SMARTS) is 1. The van der Waals surface area contributed by atoms with Crippen molar-refractivity contribution in [1.82, 2.24) is 9.80 Å². The van der Waals surface area contributed by atoms with Gasteiger partial charge in [0.25, 0.3) is 0 Å². The molecule has 2 fully saturated rings. The number of ether oxygens (including phenoxy) is 2. The van der Waals surface area contributed by atoms with Gasteiger partial charge in [-0.05, 0) is 6.42 Å². The molecule has 0 aromatic carbocycles. The highest BCUT2D eigenvalue weighted by Crippen LogP contribution is 2.16. The van der Waals surface area contributed by atoms with Gasteiger partial charge in [0.2, 0.25) is 0 Å². The molecule has 2 heterocycles. The summed E-state index contributed by atoms with van der Waals surface area (Å²) in [6.45, 7) is 2.56. The minimum Gasteiger partial charge on any atom is -0.481 e. The highest BCUT2D eigenvalue weighted by molar-refractivity contribution is 5.75. The van der Waals surface area contributed by atoms with E-state index in [-0.39, 0.29) is 18.6 Å². The molecule has 7 nitrogen and oxygen atoms in total. The molecule has 0 saturated carbocycles. The van der Waals surface area contributed by atoms with E-state index in [0.717, 1.165) is 6.42 Å². The van der Waals surface area contributed by atoms with Crippen molar-refractivity contribution in [2.75, 3.05) is 39.9 Å². The molecule has 19 heavy (non-hydrogen) atoms. The lowest BCUT2D eigenvalue weighted by atomic mass is 10.2. The highest BCUT2D eigenvalue weighted by Gasteiger charge is 2.32. The summed E-state index contributed by atoms with van der Waals surface area (Å²) in [7, 11) is 1.65. The highest BCUT2D eigenvalue weighted by atomic mass is 16.5. The second-order valence-electron chi connectivity index (χ2n) is 4.91. The molecule has 108 valence electrons. The Labute approximate surface area is 112 Å². The van der Waals surface area contributed by atoms with Crippen LogP contribution in [0.4, 0.5) is 4.79 Å². The van der Waals surface area contributed by atoms with E-state index < -0.39 is 12.1 Å². The molecule has 2 rings (SSSR count). The maximum Gasteiger partial charge on any atom is 0.320 e. The Kier molecular flexibility index (Phi) is 4.60. The van der Waals surface area contributed by atoms with Crippen LogP contribution in [0.2, 0.25) is 0 Å².